The van der Waals surface area contributed by atoms with Gasteiger partial charge in [0.05, 0.1) is 0 Å². The van der Waals surface area contributed by atoms with E-state index in [1.54, 1.807) is 0 Å². The van der Waals surface area contributed by atoms with Crippen molar-refractivity contribution in [3.63, 3.8) is 0 Å². The van der Waals surface area contributed by atoms with Gasteiger partial charge in [0.2, 0.25) is 5.91 Å². The highest BCUT2D eigenvalue weighted by molar-refractivity contribution is 5.87. The maximum absolute atomic E-state index is 12.7. The lowest BCUT2D eigenvalue weighted by molar-refractivity contribution is -0.121. The second kappa shape index (κ2) is 9.50. The van der Waals surface area contributed by atoms with E-state index in [1.165, 1.54) is 67.1 Å². The van der Waals surface area contributed by atoms with E-state index >= 15 is 0 Å². The molecule has 1 aliphatic carbocycles. The average molecular weight is 430 g/mol. The van der Waals surface area contributed by atoms with Crippen LogP contribution in [0.1, 0.15) is 44.1 Å². The van der Waals surface area contributed by atoms with Crippen LogP contribution in [0.15, 0.2) is 54.7 Å². The normalized spacial score (nSPS) is 21.4. The van der Waals surface area contributed by atoms with Crippen LogP contribution in [0.25, 0.3) is 22.0 Å². The number of hydrogen-bond acceptors (Lipinski definition) is 2. The summed E-state index contributed by atoms with van der Waals surface area (Å²) < 4.78 is 2.07. The van der Waals surface area contributed by atoms with Crippen LogP contribution in [0, 0.1) is 12.8 Å². The van der Waals surface area contributed by atoms with Crippen LogP contribution in [-0.4, -0.2) is 41.1 Å². The molecule has 1 saturated carbocycles. The van der Waals surface area contributed by atoms with E-state index in [1.807, 2.05) is 6.20 Å². The summed E-state index contributed by atoms with van der Waals surface area (Å²) in [7, 11) is 0. The SMILES string of the molecule is Cc1ccc(-c2ccc3ccn(CC(=O)NCCN4CCC[C@H]5CCCC[C@@H]54)c3c2)cc1. The average Bonchev–Trinajstić information content (AvgIpc) is 3.21. The molecule has 5 rings (SSSR count). The molecular weight excluding hydrogens is 394 g/mol. The topological polar surface area (TPSA) is 37.3 Å². The molecule has 168 valence electrons. The van der Waals surface area contributed by atoms with Gasteiger partial charge in [-0.15, -0.1) is 0 Å². The molecule has 1 aromatic heterocycles. The number of amides is 1. The first-order valence-electron chi connectivity index (χ1n) is 12.3. The Morgan fingerprint density at radius 1 is 0.969 bits per heavy atom. The second-order valence-corrected chi connectivity index (χ2v) is 9.72. The van der Waals surface area contributed by atoms with E-state index < -0.39 is 0 Å². The lowest BCUT2D eigenvalue weighted by Crippen LogP contribution is -2.49. The first kappa shape index (κ1) is 21.3. The number of carbonyl (C=O) groups excluding carboxylic acids is 1. The van der Waals surface area contributed by atoms with E-state index in [-0.39, 0.29) is 5.91 Å². The number of nitrogens with one attached hydrogen (secondary N) is 1. The fraction of sp³-hybridized carbons (Fsp3) is 0.464. The Labute approximate surface area is 191 Å². The number of likely N-dealkylation sites (tertiary alicyclic amines) is 1. The molecule has 2 heterocycles. The minimum atomic E-state index is 0.0976. The van der Waals surface area contributed by atoms with E-state index in [9.17, 15) is 4.79 Å². The number of rotatable bonds is 6. The van der Waals surface area contributed by atoms with Gasteiger partial charge in [-0.05, 0) is 73.7 Å². The van der Waals surface area contributed by atoms with Crippen molar-refractivity contribution in [3.05, 3.63) is 60.3 Å². The van der Waals surface area contributed by atoms with Gasteiger partial charge in [-0.1, -0.05) is 54.8 Å². The van der Waals surface area contributed by atoms with Crippen molar-refractivity contribution >= 4 is 16.8 Å². The van der Waals surface area contributed by atoms with Crippen molar-refractivity contribution in [2.75, 3.05) is 19.6 Å². The molecule has 3 aromatic rings. The number of aryl methyl sites for hydroxylation is 1. The number of nitrogens with zero attached hydrogens (tertiary/aromatic N) is 2. The zero-order chi connectivity index (χ0) is 21.9. The monoisotopic (exact) mass is 429 g/mol. The van der Waals surface area contributed by atoms with Crippen LogP contribution in [0.4, 0.5) is 0 Å². The van der Waals surface area contributed by atoms with Crippen LogP contribution >= 0.6 is 0 Å². The standard InChI is InChI=1S/C28H35N3O/c1-21-8-10-22(11-9-21)25-13-12-24-14-17-31(27(24)19-25)20-28(32)29-15-18-30-16-4-6-23-5-2-3-7-26(23)30/h8-14,17,19,23,26H,2-7,15-16,18,20H2,1H3,(H,29,32)/t23-,26+/m1/s1. The molecule has 4 heteroatoms. The second-order valence-electron chi connectivity index (χ2n) is 9.72. The summed E-state index contributed by atoms with van der Waals surface area (Å²) in [5, 5.41) is 4.35. The van der Waals surface area contributed by atoms with E-state index in [0.717, 1.165) is 30.6 Å². The molecule has 0 radical (unpaired) electrons. The largest absolute Gasteiger partial charge is 0.353 e. The van der Waals surface area contributed by atoms with Gasteiger partial charge < -0.3 is 9.88 Å². The lowest BCUT2D eigenvalue weighted by Gasteiger charge is -2.44. The predicted molar refractivity (Wildman–Crippen MR) is 132 cm³/mol. The zero-order valence-corrected chi connectivity index (χ0v) is 19.2. The van der Waals surface area contributed by atoms with Gasteiger partial charge in [-0.3, -0.25) is 9.69 Å². The maximum Gasteiger partial charge on any atom is 0.239 e. The van der Waals surface area contributed by atoms with Crippen molar-refractivity contribution in [2.24, 2.45) is 5.92 Å². The molecule has 0 bridgehead atoms. The summed E-state index contributed by atoms with van der Waals surface area (Å²) in [6.07, 6.45) is 10.3. The number of piperidine rings is 1. The molecular formula is C28H35N3O. The third-order valence-electron chi connectivity index (χ3n) is 7.55. The number of fused-ring (bicyclic) bond motifs is 2. The molecule has 2 fully saturated rings. The molecule has 2 aromatic carbocycles. The van der Waals surface area contributed by atoms with Crippen molar-refractivity contribution in [1.29, 1.82) is 0 Å². The molecule has 1 N–H and O–H groups in total. The molecule has 32 heavy (non-hydrogen) atoms. The van der Waals surface area contributed by atoms with Crippen LogP contribution < -0.4 is 5.32 Å². The Balaban J connectivity index is 1.20. The summed E-state index contributed by atoms with van der Waals surface area (Å²) in [5.74, 6) is 0.989. The minimum Gasteiger partial charge on any atom is -0.353 e. The first-order chi connectivity index (χ1) is 15.7. The fourth-order valence-corrected chi connectivity index (χ4v) is 5.80. The lowest BCUT2D eigenvalue weighted by atomic mass is 9.78. The van der Waals surface area contributed by atoms with Crippen LogP contribution in [0.3, 0.4) is 0 Å². The summed E-state index contributed by atoms with van der Waals surface area (Å²) >= 11 is 0. The van der Waals surface area contributed by atoms with Gasteiger partial charge in [0.1, 0.15) is 6.54 Å². The Morgan fingerprint density at radius 3 is 2.62 bits per heavy atom. The Kier molecular flexibility index (Phi) is 6.31. The number of benzene rings is 2. The quantitative estimate of drug-likeness (QED) is 0.571. The highest BCUT2D eigenvalue weighted by Gasteiger charge is 2.32. The van der Waals surface area contributed by atoms with Gasteiger partial charge >= 0.3 is 0 Å². The van der Waals surface area contributed by atoms with E-state index in [2.05, 4.69) is 70.2 Å². The molecule has 1 amide bonds. The zero-order valence-electron chi connectivity index (χ0n) is 19.2. The van der Waals surface area contributed by atoms with Crippen molar-refractivity contribution < 1.29 is 4.79 Å². The molecule has 4 nitrogen and oxygen atoms in total. The summed E-state index contributed by atoms with van der Waals surface area (Å²) in [6.45, 7) is 5.40. The van der Waals surface area contributed by atoms with Gasteiger partial charge in [-0.25, -0.2) is 0 Å². The third-order valence-corrected chi connectivity index (χ3v) is 7.55. The van der Waals surface area contributed by atoms with Crippen molar-refractivity contribution in [1.82, 2.24) is 14.8 Å². The smallest absolute Gasteiger partial charge is 0.239 e. The van der Waals surface area contributed by atoms with Gasteiger partial charge in [0, 0.05) is 30.8 Å². The molecule has 2 aliphatic rings. The molecule has 0 spiro atoms. The number of hydrogen-bond donors (Lipinski definition) is 1. The number of aromatic nitrogens is 1. The van der Waals surface area contributed by atoms with Crippen LogP contribution in [-0.2, 0) is 11.3 Å². The van der Waals surface area contributed by atoms with E-state index in [4.69, 9.17) is 0 Å². The van der Waals surface area contributed by atoms with Gasteiger partial charge in [0.15, 0.2) is 0 Å². The molecule has 1 saturated heterocycles. The van der Waals surface area contributed by atoms with Crippen LogP contribution in [0.2, 0.25) is 0 Å². The molecule has 1 aliphatic heterocycles. The highest BCUT2D eigenvalue weighted by Crippen LogP contribution is 2.34. The number of carbonyl (C=O) groups is 1. The van der Waals surface area contributed by atoms with Crippen LogP contribution in [0.5, 0.6) is 0 Å². The molecule has 2 atom stereocenters. The first-order valence-corrected chi connectivity index (χ1v) is 12.3. The van der Waals surface area contributed by atoms with Gasteiger partial charge in [-0.2, -0.15) is 0 Å². The Hall–Kier alpha value is -2.59. The Bertz CT molecular complexity index is 1070. The van der Waals surface area contributed by atoms with Gasteiger partial charge in [0.25, 0.3) is 0 Å². The van der Waals surface area contributed by atoms with Crippen molar-refractivity contribution in [2.45, 2.75) is 58.0 Å². The predicted octanol–water partition coefficient (Wildman–Crippen LogP) is 5.39. The summed E-state index contributed by atoms with van der Waals surface area (Å²) in [4.78, 5) is 15.4. The third kappa shape index (κ3) is 4.61. The maximum atomic E-state index is 12.7. The molecule has 0 unspecified atom stereocenters. The minimum absolute atomic E-state index is 0.0976. The fourth-order valence-electron chi connectivity index (χ4n) is 5.80. The van der Waals surface area contributed by atoms with Crippen molar-refractivity contribution in [3.8, 4) is 11.1 Å². The summed E-state index contributed by atoms with van der Waals surface area (Å²) in [5.41, 5.74) is 4.76. The Morgan fingerprint density at radius 2 is 1.75 bits per heavy atom. The summed E-state index contributed by atoms with van der Waals surface area (Å²) in [6, 6.07) is 18.0. The van der Waals surface area contributed by atoms with E-state index in [0.29, 0.717) is 6.54 Å². The highest BCUT2D eigenvalue weighted by atomic mass is 16.1.